The Labute approximate surface area is 94.1 Å². The summed E-state index contributed by atoms with van der Waals surface area (Å²) in [4.78, 5) is 10.8. The molecule has 1 aromatic carbocycles. The Bertz CT molecular complexity index is 393. The number of hydrogen-bond acceptors (Lipinski definition) is 2. The molecule has 2 rings (SSSR count). The molecule has 0 aromatic heterocycles. The highest BCUT2D eigenvalue weighted by Crippen LogP contribution is 2.40. The summed E-state index contributed by atoms with van der Waals surface area (Å²) >= 11 is 0. The van der Waals surface area contributed by atoms with E-state index in [1.807, 2.05) is 13.8 Å². The molecule has 88 valence electrons. The van der Waals surface area contributed by atoms with Gasteiger partial charge in [0.05, 0.1) is 5.92 Å². The van der Waals surface area contributed by atoms with Crippen molar-refractivity contribution < 1.29 is 14.3 Å². The summed E-state index contributed by atoms with van der Waals surface area (Å²) in [7, 11) is 0. The van der Waals surface area contributed by atoms with Crippen molar-refractivity contribution in [2.75, 3.05) is 0 Å². The zero-order chi connectivity index (χ0) is 12.3. The zero-order valence-corrected chi connectivity index (χ0v) is 9.40. The lowest BCUT2D eigenvalue weighted by Gasteiger charge is -2.05. The third kappa shape index (κ3) is 2.07. The van der Waals surface area contributed by atoms with Gasteiger partial charge in [-0.1, -0.05) is 26.0 Å². The number of carboxylic acids is 1. The summed E-state index contributed by atoms with van der Waals surface area (Å²) in [6, 6.07) is 3.96. The summed E-state index contributed by atoms with van der Waals surface area (Å²) in [6.45, 7) is 4.00. The summed E-state index contributed by atoms with van der Waals surface area (Å²) in [6.07, 6.45) is 0.283. The molecule has 4 heteroatoms. The second-order valence-electron chi connectivity index (χ2n) is 3.48. The number of benzene rings is 1. The average Bonchev–Trinajstić information content (AvgIpc) is 2.61. The Morgan fingerprint density at radius 1 is 1.50 bits per heavy atom. The number of nitrogens with two attached hydrogens (primary N) is 1. The summed E-state index contributed by atoms with van der Waals surface area (Å²) in [5.74, 6) is -2.00. The molecule has 0 heterocycles. The number of fused-ring (bicyclic) bond motifs is 1. The van der Waals surface area contributed by atoms with Crippen LogP contribution in [0.15, 0.2) is 18.2 Å². The predicted octanol–water partition coefficient (Wildman–Crippen LogP) is 2.42. The van der Waals surface area contributed by atoms with Gasteiger partial charge in [-0.3, -0.25) is 4.79 Å². The molecule has 0 saturated heterocycles. The van der Waals surface area contributed by atoms with E-state index < -0.39 is 23.7 Å². The van der Waals surface area contributed by atoms with E-state index in [1.54, 1.807) is 6.07 Å². The van der Waals surface area contributed by atoms with E-state index in [2.05, 4.69) is 0 Å². The number of carbonyl (C=O) groups is 1. The van der Waals surface area contributed by atoms with Crippen LogP contribution in [0.3, 0.4) is 0 Å². The van der Waals surface area contributed by atoms with Gasteiger partial charge < -0.3 is 10.8 Å². The standard InChI is InChI=1S/C10H10FNO2.C2H6/c11-7-3-1-2-5-6(10(13)14)4-8(12)9(5)7;1-2/h1-3,6,8H,4,12H2,(H,13,14);1-2H3. The molecule has 0 aliphatic heterocycles. The Morgan fingerprint density at radius 3 is 2.69 bits per heavy atom. The summed E-state index contributed by atoms with van der Waals surface area (Å²) < 4.78 is 13.3. The third-order valence-electron chi connectivity index (χ3n) is 2.62. The fourth-order valence-electron chi connectivity index (χ4n) is 1.98. The molecule has 3 N–H and O–H groups in total. The van der Waals surface area contributed by atoms with E-state index >= 15 is 0 Å². The maximum absolute atomic E-state index is 13.3. The third-order valence-corrected chi connectivity index (χ3v) is 2.62. The van der Waals surface area contributed by atoms with Crippen molar-refractivity contribution in [2.45, 2.75) is 32.2 Å². The van der Waals surface area contributed by atoms with Gasteiger partial charge in [0.25, 0.3) is 0 Å². The Morgan fingerprint density at radius 2 is 2.12 bits per heavy atom. The molecule has 2 atom stereocenters. The molecule has 0 amide bonds. The minimum atomic E-state index is -0.940. The molecule has 3 nitrogen and oxygen atoms in total. The van der Waals surface area contributed by atoms with Gasteiger partial charge in [0, 0.05) is 11.6 Å². The molecular formula is C12H16FNO2. The van der Waals surface area contributed by atoms with Gasteiger partial charge in [0.1, 0.15) is 5.82 Å². The first kappa shape index (κ1) is 12.6. The number of hydrogen-bond donors (Lipinski definition) is 2. The van der Waals surface area contributed by atoms with Crippen LogP contribution in [0.1, 0.15) is 43.4 Å². The van der Waals surface area contributed by atoms with Crippen molar-refractivity contribution in [1.82, 2.24) is 0 Å². The van der Waals surface area contributed by atoms with Gasteiger partial charge in [-0.05, 0) is 18.1 Å². The Kier molecular flexibility index (Phi) is 4.01. The smallest absolute Gasteiger partial charge is 0.311 e. The van der Waals surface area contributed by atoms with Gasteiger partial charge in [-0.15, -0.1) is 0 Å². The van der Waals surface area contributed by atoms with Gasteiger partial charge in [0.2, 0.25) is 0 Å². The molecule has 0 radical (unpaired) electrons. The van der Waals surface area contributed by atoms with Crippen LogP contribution in [0, 0.1) is 5.82 Å². The molecule has 1 aliphatic rings. The summed E-state index contributed by atoms with van der Waals surface area (Å²) in [5.41, 5.74) is 6.55. The highest BCUT2D eigenvalue weighted by atomic mass is 19.1. The van der Waals surface area contributed by atoms with E-state index in [4.69, 9.17) is 10.8 Å². The monoisotopic (exact) mass is 225 g/mol. The van der Waals surface area contributed by atoms with E-state index in [-0.39, 0.29) is 6.42 Å². The number of halogens is 1. The van der Waals surface area contributed by atoms with Crippen LogP contribution in [0.25, 0.3) is 0 Å². The molecule has 2 unspecified atom stereocenters. The van der Waals surface area contributed by atoms with Crippen molar-refractivity contribution in [3.05, 3.63) is 35.1 Å². The molecule has 0 spiro atoms. The van der Waals surface area contributed by atoms with Crippen LogP contribution in [-0.2, 0) is 4.79 Å². The van der Waals surface area contributed by atoms with Gasteiger partial charge in [0.15, 0.2) is 0 Å². The lowest BCUT2D eigenvalue weighted by Crippen LogP contribution is -2.10. The topological polar surface area (TPSA) is 63.3 Å². The van der Waals surface area contributed by atoms with Gasteiger partial charge >= 0.3 is 5.97 Å². The van der Waals surface area contributed by atoms with Crippen molar-refractivity contribution >= 4 is 5.97 Å². The Hall–Kier alpha value is -1.42. The highest BCUT2D eigenvalue weighted by Gasteiger charge is 2.35. The maximum atomic E-state index is 13.3. The quantitative estimate of drug-likeness (QED) is 0.771. The lowest BCUT2D eigenvalue weighted by molar-refractivity contribution is -0.138. The normalized spacial score (nSPS) is 22.0. The number of rotatable bonds is 1. The summed E-state index contributed by atoms with van der Waals surface area (Å²) in [5, 5.41) is 8.89. The van der Waals surface area contributed by atoms with E-state index in [9.17, 15) is 9.18 Å². The molecule has 1 aliphatic carbocycles. The Balaban J connectivity index is 0.000000606. The van der Waals surface area contributed by atoms with Crippen LogP contribution in [-0.4, -0.2) is 11.1 Å². The SMILES string of the molecule is CC.NC1CC(C(=O)O)c2cccc(F)c21. The van der Waals surface area contributed by atoms with Crippen LogP contribution in [0.2, 0.25) is 0 Å². The molecule has 0 fully saturated rings. The first-order valence-corrected chi connectivity index (χ1v) is 5.38. The van der Waals surface area contributed by atoms with Crippen LogP contribution in [0.4, 0.5) is 4.39 Å². The van der Waals surface area contributed by atoms with Crippen molar-refractivity contribution in [3.8, 4) is 0 Å². The molecule has 16 heavy (non-hydrogen) atoms. The van der Waals surface area contributed by atoms with Crippen LogP contribution < -0.4 is 5.73 Å². The van der Waals surface area contributed by atoms with E-state index in [1.165, 1.54) is 12.1 Å². The van der Waals surface area contributed by atoms with Gasteiger partial charge in [-0.2, -0.15) is 0 Å². The van der Waals surface area contributed by atoms with Crippen LogP contribution >= 0.6 is 0 Å². The largest absolute Gasteiger partial charge is 0.481 e. The van der Waals surface area contributed by atoms with E-state index in [0.29, 0.717) is 11.1 Å². The van der Waals surface area contributed by atoms with E-state index in [0.717, 1.165) is 0 Å². The lowest BCUT2D eigenvalue weighted by atomic mass is 10.0. The van der Waals surface area contributed by atoms with Crippen LogP contribution in [0.5, 0.6) is 0 Å². The molecule has 1 aromatic rings. The van der Waals surface area contributed by atoms with Crippen molar-refractivity contribution in [3.63, 3.8) is 0 Å². The fourth-order valence-corrected chi connectivity index (χ4v) is 1.98. The molecule has 0 bridgehead atoms. The first-order chi connectivity index (χ1) is 7.61. The number of carboxylic acid groups (broad SMARTS) is 1. The van der Waals surface area contributed by atoms with Crippen molar-refractivity contribution in [1.29, 1.82) is 0 Å². The minimum absolute atomic E-state index is 0.283. The van der Waals surface area contributed by atoms with Crippen molar-refractivity contribution in [2.24, 2.45) is 5.73 Å². The maximum Gasteiger partial charge on any atom is 0.311 e. The molecular weight excluding hydrogens is 209 g/mol. The number of aliphatic carboxylic acids is 1. The average molecular weight is 225 g/mol. The molecule has 0 saturated carbocycles. The van der Waals surface area contributed by atoms with Gasteiger partial charge in [-0.25, -0.2) is 4.39 Å². The second-order valence-corrected chi connectivity index (χ2v) is 3.48. The highest BCUT2D eigenvalue weighted by molar-refractivity contribution is 5.78. The first-order valence-electron chi connectivity index (χ1n) is 5.38. The zero-order valence-electron chi connectivity index (χ0n) is 9.40. The second kappa shape index (κ2) is 5.07. The predicted molar refractivity (Wildman–Crippen MR) is 59.7 cm³/mol. The fraction of sp³-hybridized carbons (Fsp3) is 0.417. The minimum Gasteiger partial charge on any atom is -0.481 e.